The quantitative estimate of drug-likeness (QED) is 0.344. The van der Waals surface area contributed by atoms with Crippen molar-refractivity contribution in [2.75, 3.05) is 6.61 Å². The number of nitrogens with two attached hydrogens (primary N) is 2. The molecule has 0 radical (unpaired) electrons. The average Bonchev–Trinajstić information content (AvgIpc) is 2.11. The molecule has 0 saturated carbocycles. The minimum absolute atomic E-state index is 0.224. The smallest absolute Gasteiger partial charge is 0.337 e. The normalized spacial score (nSPS) is 14.2. The van der Waals surface area contributed by atoms with Crippen LogP contribution in [0, 0.1) is 18.3 Å². The lowest BCUT2D eigenvalue weighted by Crippen LogP contribution is -2.62. The third kappa shape index (κ3) is 2.24. The number of carbonyl (C=O) groups is 2. The lowest BCUT2D eigenvalue weighted by atomic mass is 9.87. The highest BCUT2D eigenvalue weighted by Gasteiger charge is 2.45. The number of esters is 1. The molecule has 0 spiro atoms. The van der Waals surface area contributed by atoms with E-state index in [1.807, 2.05) is 0 Å². The molecule has 1 atom stereocenters. The first-order valence-electron chi connectivity index (χ1n) is 4.06. The van der Waals surface area contributed by atoms with Gasteiger partial charge in [-0.1, -0.05) is 19.8 Å². The second-order valence-corrected chi connectivity index (χ2v) is 3.17. The molecule has 5 nitrogen and oxygen atoms in total. The minimum atomic E-state index is -1.81. The van der Waals surface area contributed by atoms with Crippen LogP contribution in [0.1, 0.15) is 13.8 Å². The van der Waals surface area contributed by atoms with Crippen molar-refractivity contribution >= 4 is 11.9 Å². The number of amides is 1. The van der Waals surface area contributed by atoms with Gasteiger partial charge in [-0.05, 0) is 5.92 Å². The van der Waals surface area contributed by atoms with Gasteiger partial charge in [0, 0.05) is 0 Å². The van der Waals surface area contributed by atoms with Crippen LogP contribution in [0.3, 0.4) is 0 Å². The van der Waals surface area contributed by atoms with Crippen LogP contribution in [-0.4, -0.2) is 24.0 Å². The van der Waals surface area contributed by atoms with E-state index in [1.54, 1.807) is 13.8 Å². The number of primary amides is 1. The van der Waals surface area contributed by atoms with Crippen molar-refractivity contribution in [1.29, 1.82) is 0 Å². The Labute approximate surface area is 82.8 Å². The van der Waals surface area contributed by atoms with Gasteiger partial charge in [0.05, 0.1) is 0 Å². The van der Waals surface area contributed by atoms with Crippen LogP contribution in [0.25, 0.3) is 0 Å². The summed E-state index contributed by atoms with van der Waals surface area (Å²) < 4.78 is 4.58. The van der Waals surface area contributed by atoms with Crippen molar-refractivity contribution in [3.05, 3.63) is 0 Å². The third-order valence-corrected chi connectivity index (χ3v) is 1.94. The zero-order chi connectivity index (χ0) is 11.4. The van der Waals surface area contributed by atoms with Crippen LogP contribution in [0.15, 0.2) is 0 Å². The summed E-state index contributed by atoms with van der Waals surface area (Å²) in [6, 6.07) is 0. The van der Waals surface area contributed by atoms with Crippen LogP contribution in [0.4, 0.5) is 0 Å². The van der Waals surface area contributed by atoms with Crippen molar-refractivity contribution in [2.45, 2.75) is 19.4 Å². The number of rotatable bonds is 4. The fourth-order valence-corrected chi connectivity index (χ4v) is 0.847. The molecule has 0 unspecified atom stereocenters. The molecule has 0 aromatic carbocycles. The van der Waals surface area contributed by atoms with Crippen molar-refractivity contribution in [1.82, 2.24) is 0 Å². The topological polar surface area (TPSA) is 95.4 Å². The molecule has 78 valence electrons. The molecular weight excluding hydrogens is 184 g/mol. The van der Waals surface area contributed by atoms with E-state index in [1.165, 1.54) is 0 Å². The summed E-state index contributed by atoms with van der Waals surface area (Å²) in [5.74, 6) is -0.168. The summed E-state index contributed by atoms with van der Waals surface area (Å²) in [6.07, 6.45) is 4.89. The lowest BCUT2D eigenvalue weighted by molar-refractivity contribution is -0.154. The largest absolute Gasteiger partial charge is 0.451 e. The zero-order valence-corrected chi connectivity index (χ0v) is 8.24. The molecule has 0 aliphatic rings. The predicted molar refractivity (Wildman–Crippen MR) is 50.7 cm³/mol. The van der Waals surface area contributed by atoms with E-state index >= 15 is 0 Å². The summed E-state index contributed by atoms with van der Waals surface area (Å²) in [7, 11) is 0. The summed E-state index contributed by atoms with van der Waals surface area (Å²) in [5, 5.41) is 0. The maximum absolute atomic E-state index is 11.4. The van der Waals surface area contributed by atoms with Crippen molar-refractivity contribution < 1.29 is 14.3 Å². The highest BCUT2D eigenvalue weighted by Crippen LogP contribution is 2.15. The van der Waals surface area contributed by atoms with E-state index in [9.17, 15) is 9.59 Å². The van der Waals surface area contributed by atoms with E-state index in [2.05, 4.69) is 10.7 Å². The zero-order valence-electron chi connectivity index (χ0n) is 8.24. The van der Waals surface area contributed by atoms with Gasteiger partial charge in [-0.2, -0.15) is 0 Å². The monoisotopic (exact) mass is 198 g/mol. The first kappa shape index (κ1) is 12.5. The van der Waals surface area contributed by atoms with E-state index in [0.29, 0.717) is 0 Å². The van der Waals surface area contributed by atoms with Gasteiger partial charge in [-0.25, -0.2) is 4.79 Å². The van der Waals surface area contributed by atoms with Gasteiger partial charge in [0.2, 0.25) is 5.91 Å². The average molecular weight is 198 g/mol. The maximum Gasteiger partial charge on any atom is 0.337 e. The van der Waals surface area contributed by atoms with Crippen molar-refractivity contribution in [2.24, 2.45) is 17.4 Å². The number of hydrogen-bond donors (Lipinski definition) is 2. The van der Waals surface area contributed by atoms with Crippen molar-refractivity contribution in [3.8, 4) is 12.3 Å². The fourth-order valence-electron chi connectivity index (χ4n) is 0.847. The SMILES string of the molecule is C#CCOC(=O)[C@@](N)(C(N)=O)C(C)C. The molecular formula is C9H14N2O3. The van der Waals surface area contributed by atoms with Gasteiger partial charge < -0.3 is 16.2 Å². The molecule has 14 heavy (non-hydrogen) atoms. The van der Waals surface area contributed by atoms with Gasteiger partial charge in [0.1, 0.15) is 0 Å². The Morgan fingerprint density at radius 2 is 2.07 bits per heavy atom. The molecule has 0 fully saturated rings. The maximum atomic E-state index is 11.4. The van der Waals surface area contributed by atoms with Gasteiger partial charge in [0.15, 0.2) is 12.1 Å². The van der Waals surface area contributed by atoms with Crippen LogP contribution in [0.2, 0.25) is 0 Å². The Morgan fingerprint density at radius 3 is 2.36 bits per heavy atom. The van der Waals surface area contributed by atoms with Crippen LogP contribution in [0.5, 0.6) is 0 Å². The first-order valence-corrected chi connectivity index (χ1v) is 4.06. The van der Waals surface area contributed by atoms with Gasteiger partial charge in [0.25, 0.3) is 0 Å². The highest BCUT2D eigenvalue weighted by molar-refractivity contribution is 6.06. The molecule has 5 heteroatoms. The third-order valence-electron chi connectivity index (χ3n) is 1.94. The van der Waals surface area contributed by atoms with Crippen LogP contribution < -0.4 is 11.5 Å². The Balaban J connectivity index is 4.77. The second-order valence-electron chi connectivity index (χ2n) is 3.17. The van der Waals surface area contributed by atoms with E-state index in [0.717, 1.165) is 0 Å². The Bertz CT molecular complexity index is 280. The van der Waals surface area contributed by atoms with E-state index in [-0.39, 0.29) is 6.61 Å². The molecule has 0 saturated heterocycles. The van der Waals surface area contributed by atoms with Crippen LogP contribution in [-0.2, 0) is 14.3 Å². The number of terminal acetylenes is 1. The molecule has 0 heterocycles. The number of hydrogen-bond acceptors (Lipinski definition) is 4. The lowest BCUT2D eigenvalue weighted by Gasteiger charge is -2.26. The molecule has 0 rings (SSSR count). The Hall–Kier alpha value is -1.54. The summed E-state index contributed by atoms with van der Waals surface area (Å²) in [6.45, 7) is 2.97. The van der Waals surface area contributed by atoms with Gasteiger partial charge in [-0.15, -0.1) is 6.42 Å². The molecule has 4 N–H and O–H groups in total. The van der Waals surface area contributed by atoms with Crippen LogP contribution >= 0.6 is 0 Å². The Morgan fingerprint density at radius 1 is 1.57 bits per heavy atom. The van der Waals surface area contributed by atoms with Gasteiger partial charge in [-0.3, -0.25) is 4.79 Å². The molecule has 0 aromatic heterocycles. The number of carbonyl (C=O) groups excluding carboxylic acids is 2. The van der Waals surface area contributed by atoms with E-state index < -0.39 is 23.3 Å². The summed E-state index contributed by atoms with van der Waals surface area (Å²) >= 11 is 0. The number of ether oxygens (including phenoxy) is 1. The molecule has 1 amide bonds. The first-order chi connectivity index (χ1) is 6.37. The molecule has 0 aliphatic heterocycles. The standard InChI is InChI=1S/C9H14N2O3/c1-4-5-14-8(13)9(11,6(2)3)7(10)12/h1,6H,5,11H2,2-3H3,(H2,10,12)/t9-/m0/s1. The van der Waals surface area contributed by atoms with Crippen molar-refractivity contribution in [3.63, 3.8) is 0 Å². The fraction of sp³-hybridized carbons (Fsp3) is 0.556. The second kappa shape index (κ2) is 4.63. The van der Waals surface area contributed by atoms with E-state index in [4.69, 9.17) is 17.9 Å². The predicted octanol–water partition coefficient (Wildman–Crippen LogP) is -0.998. The Kier molecular flexibility index (Phi) is 4.12. The summed E-state index contributed by atoms with van der Waals surface area (Å²) in [5.41, 5.74) is 8.77. The van der Waals surface area contributed by atoms with Gasteiger partial charge >= 0.3 is 5.97 Å². The molecule has 0 aromatic rings. The summed E-state index contributed by atoms with van der Waals surface area (Å²) in [4.78, 5) is 22.4. The minimum Gasteiger partial charge on any atom is -0.451 e. The molecule has 0 bridgehead atoms. The highest BCUT2D eigenvalue weighted by atomic mass is 16.5. The molecule has 0 aliphatic carbocycles.